The van der Waals surface area contributed by atoms with E-state index in [1.54, 1.807) is 44.2 Å². The molecule has 1 aliphatic rings. The normalized spacial score (nSPS) is 20.3. The van der Waals surface area contributed by atoms with E-state index in [1.165, 1.54) is 4.90 Å². The average Bonchev–Trinajstić information content (AvgIpc) is 2.51. The van der Waals surface area contributed by atoms with Crippen LogP contribution in [0.15, 0.2) is 40.8 Å². The Morgan fingerprint density at radius 2 is 2.00 bits per heavy atom. The number of β-lactam (4-membered cyclic amide) rings is 1. The summed E-state index contributed by atoms with van der Waals surface area (Å²) in [6.07, 6.45) is 1.64. The van der Waals surface area contributed by atoms with E-state index in [1.807, 2.05) is 0 Å². The molecule has 0 bridgehead atoms. The molecule has 0 aliphatic carbocycles. The first-order valence-corrected chi connectivity index (χ1v) is 8.20. The Bertz CT molecular complexity index is 671. The Labute approximate surface area is 143 Å². The average molecular weight is 354 g/mol. The lowest BCUT2D eigenvalue weighted by Gasteiger charge is -2.44. The first kappa shape index (κ1) is 17.6. The molecule has 0 saturated carbocycles. The van der Waals surface area contributed by atoms with Gasteiger partial charge in [0.25, 0.3) is 5.91 Å². The van der Waals surface area contributed by atoms with E-state index in [0.717, 1.165) is 16.7 Å². The van der Waals surface area contributed by atoms with Crippen LogP contribution in [0.2, 0.25) is 5.02 Å². The first-order chi connectivity index (χ1) is 10.8. The number of thioether (sulfide) groups is 1. The minimum Gasteiger partial charge on any atom is -0.480 e. The van der Waals surface area contributed by atoms with Gasteiger partial charge in [-0.25, -0.2) is 0 Å². The monoisotopic (exact) mass is 353 g/mol. The Kier molecular flexibility index (Phi) is 5.49. The number of amides is 1. The number of aliphatic carboxylic acids is 1. The number of hydrogen-bond acceptors (Lipinski definition) is 4. The predicted octanol–water partition coefficient (Wildman–Crippen LogP) is 2.84. The van der Waals surface area contributed by atoms with Gasteiger partial charge in [-0.2, -0.15) is 0 Å². The van der Waals surface area contributed by atoms with E-state index < -0.39 is 24.5 Å². The molecule has 122 valence electrons. The third-order valence-electron chi connectivity index (χ3n) is 3.66. The molecular formula is C16H16ClNO4S. The van der Waals surface area contributed by atoms with Gasteiger partial charge in [0.2, 0.25) is 0 Å². The highest BCUT2D eigenvalue weighted by Crippen LogP contribution is 2.35. The molecular weight excluding hydrogens is 338 g/mol. The minimum absolute atomic E-state index is 0.125. The number of rotatable bonds is 5. The second-order valence-corrected chi connectivity index (χ2v) is 6.69. The molecule has 1 amide bonds. The van der Waals surface area contributed by atoms with E-state index >= 15 is 0 Å². The van der Waals surface area contributed by atoms with Crippen LogP contribution >= 0.6 is 23.4 Å². The second kappa shape index (κ2) is 7.19. The van der Waals surface area contributed by atoms with Crippen LogP contribution in [0.4, 0.5) is 0 Å². The summed E-state index contributed by atoms with van der Waals surface area (Å²) in [5.74, 6) is -1.92. The van der Waals surface area contributed by atoms with Crippen molar-refractivity contribution in [2.45, 2.75) is 24.8 Å². The molecule has 0 radical (unpaired) electrons. The molecule has 0 unspecified atom stereocenters. The number of hydrogen-bond donors (Lipinski definition) is 1. The summed E-state index contributed by atoms with van der Waals surface area (Å²) < 4.78 is 0. The predicted molar refractivity (Wildman–Crippen MR) is 88.4 cm³/mol. The Morgan fingerprint density at radius 1 is 1.39 bits per heavy atom. The SMILES string of the molecule is C/C=C1/C(=O)N(CC(=O)O)[C@@H]1[C@@H](C)C(=O)Sc1ccc(Cl)cc1. The standard InChI is InChI=1S/C16H16ClNO4S/c1-3-12-14(18(15(12)21)8-13(19)20)9(2)16(22)23-11-6-4-10(17)5-7-11/h3-7,9,14H,8H2,1-2H3,(H,19,20)/b12-3+/t9-,14-/m1/s1. The fourth-order valence-corrected chi connectivity index (χ4v) is 3.46. The number of nitrogens with zero attached hydrogens (tertiary/aromatic N) is 1. The van der Waals surface area contributed by atoms with Crippen LogP contribution in [0.1, 0.15) is 13.8 Å². The van der Waals surface area contributed by atoms with E-state index in [2.05, 4.69) is 0 Å². The molecule has 1 fully saturated rings. The van der Waals surface area contributed by atoms with Crippen LogP contribution in [0.3, 0.4) is 0 Å². The number of allylic oxidation sites excluding steroid dienone is 1. The number of carbonyl (C=O) groups excluding carboxylic acids is 2. The van der Waals surface area contributed by atoms with E-state index in [9.17, 15) is 14.4 Å². The molecule has 1 aromatic rings. The zero-order valence-electron chi connectivity index (χ0n) is 12.7. The molecule has 0 spiro atoms. The van der Waals surface area contributed by atoms with Crippen molar-refractivity contribution in [1.82, 2.24) is 4.90 Å². The van der Waals surface area contributed by atoms with Crippen molar-refractivity contribution in [3.05, 3.63) is 40.9 Å². The van der Waals surface area contributed by atoms with Gasteiger partial charge in [0.15, 0.2) is 5.12 Å². The summed E-state index contributed by atoms with van der Waals surface area (Å²) in [6.45, 7) is 3.02. The fraction of sp³-hybridized carbons (Fsp3) is 0.312. The number of halogens is 1. The van der Waals surface area contributed by atoms with Gasteiger partial charge >= 0.3 is 5.97 Å². The molecule has 1 aromatic carbocycles. The third-order valence-corrected chi connectivity index (χ3v) is 4.99. The van der Waals surface area contributed by atoms with Crippen molar-refractivity contribution in [2.75, 3.05) is 6.54 Å². The minimum atomic E-state index is -1.09. The Balaban J connectivity index is 2.11. The van der Waals surface area contributed by atoms with Crippen molar-refractivity contribution in [1.29, 1.82) is 0 Å². The van der Waals surface area contributed by atoms with E-state index in [0.29, 0.717) is 10.6 Å². The number of benzene rings is 1. The van der Waals surface area contributed by atoms with Crippen LogP contribution in [0, 0.1) is 5.92 Å². The second-order valence-electron chi connectivity index (χ2n) is 5.18. The van der Waals surface area contributed by atoms with E-state index in [4.69, 9.17) is 16.7 Å². The molecule has 1 N–H and O–H groups in total. The van der Waals surface area contributed by atoms with Crippen LogP contribution in [-0.4, -0.2) is 39.6 Å². The molecule has 7 heteroatoms. The molecule has 2 rings (SSSR count). The van der Waals surface area contributed by atoms with Gasteiger partial charge in [-0.1, -0.05) is 36.4 Å². The van der Waals surface area contributed by atoms with Crippen LogP contribution < -0.4 is 0 Å². The van der Waals surface area contributed by atoms with Gasteiger partial charge < -0.3 is 10.0 Å². The topological polar surface area (TPSA) is 74.7 Å². The molecule has 23 heavy (non-hydrogen) atoms. The van der Waals surface area contributed by atoms with Crippen molar-refractivity contribution in [3.63, 3.8) is 0 Å². The molecule has 1 heterocycles. The smallest absolute Gasteiger partial charge is 0.323 e. The maximum absolute atomic E-state index is 12.4. The van der Waals surface area contributed by atoms with Crippen molar-refractivity contribution >= 4 is 40.4 Å². The highest BCUT2D eigenvalue weighted by molar-refractivity contribution is 8.13. The number of likely N-dealkylation sites (tertiary alicyclic amines) is 1. The summed E-state index contributed by atoms with van der Waals surface area (Å²) in [6, 6.07) is 6.39. The zero-order chi connectivity index (χ0) is 17.1. The molecule has 1 saturated heterocycles. The largest absolute Gasteiger partial charge is 0.480 e. The molecule has 2 atom stereocenters. The van der Waals surface area contributed by atoms with Crippen molar-refractivity contribution < 1.29 is 19.5 Å². The lowest BCUT2D eigenvalue weighted by molar-refractivity contribution is -0.150. The first-order valence-electron chi connectivity index (χ1n) is 7.01. The summed E-state index contributed by atoms with van der Waals surface area (Å²) >= 11 is 6.88. The molecule has 5 nitrogen and oxygen atoms in total. The van der Waals surface area contributed by atoms with Gasteiger partial charge in [0.1, 0.15) is 6.54 Å². The molecule has 0 aromatic heterocycles. The third kappa shape index (κ3) is 3.76. The van der Waals surface area contributed by atoms with Crippen LogP contribution in [0.5, 0.6) is 0 Å². The maximum Gasteiger partial charge on any atom is 0.323 e. The van der Waals surface area contributed by atoms with E-state index in [-0.39, 0.29) is 11.0 Å². The zero-order valence-corrected chi connectivity index (χ0v) is 14.2. The lowest BCUT2D eigenvalue weighted by atomic mass is 9.85. The number of carboxylic acids is 1. The maximum atomic E-state index is 12.4. The Hall–Kier alpha value is -1.79. The number of carbonyl (C=O) groups is 3. The van der Waals surface area contributed by atoms with Crippen LogP contribution in [0.25, 0.3) is 0 Å². The van der Waals surface area contributed by atoms with Gasteiger partial charge in [-0.15, -0.1) is 0 Å². The van der Waals surface area contributed by atoms with Gasteiger partial charge in [-0.3, -0.25) is 14.4 Å². The summed E-state index contributed by atoms with van der Waals surface area (Å²) in [7, 11) is 0. The summed E-state index contributed by atoms with van der Waals surface area (Å²) in [5.41, 5.74) is 0.490. The highest BCUT2D eigenvalue weighted by Gasteiger charge is 2.47. The fourth-order valence-electron chi connectivity index (χ4n) is 2.51. The van der Waals surface area contributed by atoms with Gasteiger partial charge in [0, 0.05) is 15.5 Å². The van der Waals surface area contributed by atoms with Gasteiger partial charge in [-0.05, 0) is 31.2 Å². The summed E-state index contributed by atoms with van der Waals surface area (Å²) in [4.78, 5) is 37.2. The van der Waals surface area contributed by atoms with Crippen LogP contribution in [-0.2, 0) is 14.4 Å². The number of carboxylic acid groups (broad SMARTS) is 1. The highest BCUT2D eigenvalue weighted by atomic mass is 35.5. The van der Waals surface area contributed by atoms with Gasteiger partial charge in [0.05, 0.1) is 12.0 Å². The quantitative estimate of drug-likeness (QED) is 0.500. The lowest BCUT2D eigenvalue weighted by Crippen LogP contribution is -2.60. The summed E-state index contributed by atoms with van der Waals surface area (Å²) in [5, 5.41) is 9.37. The molecule has 1 aliphatic heterocycles. The van der Waals surface area contributed by atoms with Crippen molar-refractivity contribution in [3.8, 4) is 0 Å². The van der Waals surface area contributed by atoms with Crippen molar-refractivity contribution in [2.24, 2.45) is 5.92 Å². The Morgan fingerprint density at radius 3 is 2.52 bits per heavy atom.